The Hall–Kier alpha value is -0.830. The quantitative estimate of drug-likeness (QED) is 0.624. The number of carboxylic acid groups (broad SMARTS) is 1. The fourth-order valence-corrected chi connectivity index (χ4v) is 5.20. The minimum absolute atomic E-state index is 0.222. The maximum atomic E-state index is 11.4. The zero-order chi connectivity index (χ0) is 10.4. The van der Waals surface area contributed by atoms with Gasteiger partial charge < -0.3 is 10.8 Å². The van der Waals surface area contributed by atoms with Crippen LogP contribution in [0.2, 0.25) is 0 Å². The van der Waals surface area contributed by atoms with Crippen molar-refractivity contribution in [3.05, 3.63) is 12.2 Å². The van der Waals surface area contributed by atoms with Gasteiger partial charge in [-0.25, -0.2) is 0 Å². The molecule has 15 heavy (non-hydrogen) atoms. The highest BCUT2D eigenvalue weighted by molar-refractivity contribution is 5.80. The summed E-state index contributed by atoms with van der Waals surface area (Å²) >= 11 is 0. The van der Waals surface area contributed by atoms with E-state index in [0.717, 1.165) is 5.92 Å². The molecule has 3 N–H and O–H groups in total. The predicted octanol–water partition coefficient (Wildman–Crippen LogP) is 0.856. The lowest BCUT2D eigenvalue weighted by atomic mass is 9.75. The molecule has 7 unspecified atom stereocenters. The van der Waals surface area contributed by atoms with Crippen molar-refractivity contribution in [1.82, 2.24) is 0 Å². The minimum Gasteiger partial charge on any atom is -0.480 e. The average Bonchev–Trinajstić information content (AvgIpc) is 2.75. The lowest BCUT2D eigenvalue weighted by molar-refractivity contribution is -0.145. The van der Waals surface area contributed by atoms with Gasteiger partial charge in [0.1, 0.15) is 5.54 Å². The van der Waals surface area contributed by atoms with Gasteiger partial charge in [-0.1, -0.05) is 12.2 Å². The summed E-state index contributed by atoms with van der Waals surface area (Å²) in [7, 11) is 0. The van der Waals surface area contributed by atoms with Gasteiger partial charge in [0.25, 0.3) is 0 Å². The van der Waals surface area contributed by atoms with E-state index in [9.17, 15) is 9.90 Å². The molecule has 4 aliphatic carbocycles. The third-order valence-electron chi connectivity index (χ3n) is 5.58. The van der Waals surface area contributed by atoms with Crippen molar-refractivity contribution in [2.45, 2.75) is 18.4 Å². The number of fused-ring (bicyclic) bond motifs is 2. The van der Waals surface area contributed by atoms with Crippen molar-refractivity contribution in [2.75, 3.05) is 0 Å². The number of rotatable bonds is 1. The van der Waals surface area contributed by atoms with E-state index in [4.69, 9.17) is 5.73 Å². The molecule has 2 bridgehead atoms. The zero-order valence-electron chi connectivity index (χ0n) is 8.47. The van der Waals surface area contributed by atoms with Gasteiger partial charge in [0.2, 0.25) is 0 Å². The number of aliphatic carboxylic acids is 1. The molecule has 0 aromatic rings. The first-order valence-electron chi connectivity index (χ1n) is 5.83. The molecule has 0 aromatic carbocycles. The Balaban J connectivity index is 1.87. The van der Waals surface area contributed by atoms with Crippen LogP contribution < -0.4 is 5.73 Å². The third-order valence-corrected chi connectivity index (χ3v) is 5.58. The molecule has 7 atom stereocenters. The summed E-state index contributed by atoms with van der Waals surface area (Å²) in [5.74, 6) is 2.47. The van der Waals surface area contributed by atoms with Crippen molar-refractivity contribution in [1.29, 1.82) is 0 Å². The number of hydrogen-bond donors (Lipinski definition) is 2. The first-order chi connectivity index (χ1) is 7.13. The van der Waals surface area contributed by atoms with Crippen LogP contribution in [0.3, 0.4) is 0 Å². The third kappa shape index (κ3) is 0.680. The summed E-state index contributed by atoms with van der Waals surface area (Å²) in [6.45, 7) is 0. The highest BCUT2D eigenvalue weighted by Gasteiger charge is 2.70. The Labute approximate surface area is 88.3 Å². The largest absolute Gasteiger partial charge is 0.480 e. The second-order valence-electron chi connectivity index (χ2n) is 5.84. The highest BCUT2D eigenvalue weighted by atomic mass is 16.4. The van der Waals surface area contributed by atoms with Crippen LogP contribution in [0.4, 0.5) is 0 Å². The maximum absolute atomic E-state index is 11.4. The van der Waals surface area contributed by atoms with Crippen molar-refractivity contribution >= 4 is 5.97 Å². The van der Waals surface area contributed by atoms with E-state index >= 15 is 0 Å². The minimum atomic E-state index is -0.922. The molecule has 3 nitrogen and oxygen atoms in total. The van der Waals surface area contributed by atoms with Gasteiger partial charge in [0.15, 0.2) is 0 Å². The molecule has 4 rings (SSSR count). The Bertz CT molecular complexity index is 391. The second kappa shape index (κ2) is 2.14. The lowest BCUT2D eigenvalue weighted by Crippen LogP contribution is -2.53. The van der Waals surface area contributed by atoms with Gasteiger partial charge in [0.05, 0.1) is 0 Å². The van der Waals surface area contributed by atoms with Gasteiger partial charge in [-0.05, 0) is 48.3 Å². The molecule has 80 valence electrons. The Morgan fingerprint density at radius 1 is 1.27 bits per heavy atom. The van der Waals surface area contributed by atoms with E-state index in [1.165, 1.54) is 6.42 Å². The molecular weight excluding hydrogens is 190 g/mol. The number of nitrogens with two attached hydrogens (primary N) is 1. The van der Waals surface area contributed by atoms with E-state index < -0.39 is 11.5 Å². The molecule has 0 aliphatic heterocycles. The molecule has 0 radical (unpaired) electrons. The first kappa shape index (κ1) is 8.34. The zero-order valence-corrected chi connectivity index (χ0v) is 8.47. The summed E-state index contributed by atoms with van der Waals surface area (Å²) in [6.07, 6.45) is 6.52. The molecule has 4 aliphatic rings. The fraction of sp³-hybridized carbons (Fsp3) is 0.750. The Kier molecular flexibility index (Phi) is 1.19. The van der Waals surface area contributed by atoms with E-state index in [0.29, 0.717) is 30.1 Å². The first-order valence-corrected chi connectivity index (χ1v) is 5.83. The van der Waals surface area contributed by atoms with Crippen LogP contribution in [0.5, 0.6) is 0 Å². The normalized spacial score (nSPS) is 63.0. The summed E-state index contributed by atoms with van der Waals surface area (Å²) in [5.41, 5.74) is 5.23. The van der Waals surface area contributed by atoms with Crippen LogP contribution in [0.25, 0.3) is 0 Å². The van der Waals surface area contributed by atoms with Crippen LogP contribution >= 0.6 is 0 Å². The number of allylic oxidation sites excluding steroid dienone is 2. The molecule has 0 saturated heterocycles. The Morgan fingerprint density at radius 3 is 2.73 bits per heavy atom. The fourth-order valence-electron chi connectivity index (χ4n) is 5.20. The smallest absolute Gasteiger partial charge is 0.324 e. The summed E-state index contributed by atoms with van der Waals surface area (Å²) in [6, 6.07) is 0. The summed E-state index contributed by atoms with van der Waals surface area (Å²) in [5, 5.41) is 9.33. The molecule has 0 amide bonds. The Morgan fingerprint density at radius 2 is 2.00 bits per heavy atom. The monoisotopic (exact) mass is 205 g/mol. The standard InChI is InChI=1S/C12H15NO2/c13-12(11(14)15)4-9-5-1-2-6-7(5)3-8(9)10(6)12/h1-2,5-10H,3-4,13H2,(H,14,15). The van der Waals surface area contributed by atoms with Gasteiger partial charge in [0, 0.05) is 0 Å². The number of hydrogen-bond acceptors (Lipinski definition) is 2. The topological polar surface area (TPSA) is 63.3 Å². The van der Waals surface area contributed by atoms with E-state index in [1.54, 1.807) is 0 Å². The summed E-state index contributed by atoms with van der Waals surface area (Å²) in [4.78, 5) is 11.4. The van der Waals surface area contributed by atoms with Crippen LogP contribution in [0, 0.1) is 35.5 Å². The van der Waals surface area contributed by atoms with Crippen LogP contribution in [0.1, 0.15) is 12.8 Å². The molecule has 0 aromatic heterocycles. The molecule has 0 spiro atoms. The van der Waals surface area contributed by atoms with E-state index in [-0.39, 0.29) is 5.92 Å². The van der Waals surface area contributed by atoms with Crippen molar-refractivity contribution in [2.24, 2.45) is 41.2 Å². The predicted molar refractivity (Wildman–Crippen MR) is 53.9 cm³/mol. The van der Waals surface area contributed by atoms with Crippen LogP contribution in [-0.4, -0.2) is 16.6 Å². The van der Waals surface area contributed by atoms with Crippen molar-refractivity contribution in [3.8, 4) is 0 Å². The lowest BCUT2D eigenvalue weighted by Gasteiger charge is -2.31. The molecule has 0 heterocycles. The van der Waals surface area contributed by atoms with E-state index in [1.807, 2.05) is 0 Å². The van der Waals surface area contributed by atoms with Crippen LogP contribution in [-0.2, 0) is 4.79 Å². The summed E-state index contributed by atoms with van der Waals surface area (Å²) < 4.78 is 0. The van der Waals surface area contributed by atoms with Crippen LogP contribution in [0.15, 0.2) is 12.2 Å². The number of carbonyl (C=O) groups is 1. The van der Waals surface area contributed by atoms with Crippen molar-refractivity contribution in [3.63, 3.8) is 0 Å². The highest BCUT2D eigenvalue weighted by Crippen LogP contribution is 2.70. The van der Waals surface area contributed by atoms with Gasteiger partial charge in [-0.3, -0.25) is 4.79 Å². The molecule has 3 heteroatoms. The molecular formula is C12H15NO2. The SMILES string of the molecule is NC1(C(=O)O)CC2C3C=CC4C3CC2C41. The van der Waals surface area contributed by atoms with E-state index in [2.05, 4.69) is 12.2 Å². The molecule has 3 saturated carbocycles. The van der Waals surface area contributed by atoms with Gasteiger partial charge in [-0.2, -0.15) is 0 Å². The second-order valence-corrected chi connectivity index (χ2v) is 5.84. The average molecular weight is 205 g/mol. The maximum Gasteiger partial charge on any atom is 0.324 e. The van der Waals surface area contributed by atoms with Crippen molar-refractivity contribution < 1.29 is 9.90 Å². The number of carboxylic acids is 1. The molecule has 3 fully saturated rings. The van der Waals surface area contributed by atoms with Gasteiger partial charge in [-0.15, -0.1) is 0 Å². The van der Waals surface area contributed by atoms with Gasteiger partial charge >= 0.3 is 5.97 Å².